The summed E-state index contributed by atoms with van der Waals surface area (Å²) in [5, 5.41) is 5.34. The molecule has 0 unspecified atom stereocenters. The van der Waals surface area contributed by atoms with Gasteiger partial charge in [0.05, 0.1) is 0 Å². The SMILES string of the molecule is O=C1CCCc2cc(NC(=O)C(=O)c3ccc(F)cc3)ccc2N1. The first-order chi connectivity index (χ1) is 11.5. The predicted molar refractivity (Wildman–Crippen MR) is 87.4 cm³/mol. The summed E-state index contributed by atoms with van der Waals surface area (Å²) in [5.41, 5.74) is 2.23. The average Bonchev–Trinajstić information content (AvgIpc) is 2.75. The topological polar surface area (TPSA) is 75.3 Å². The predicted octanol–water partition coefficient (Wildman–Crippen LogP) is 2.92. The Morgan fingerprint density at radius 1 is 1.04 bits per heavy atom. The maximum absolute atomic E-state index is 12.9. The minimum Gasteiger partial charge on any atom is -0.326 e. The number of benzene rings is 2. The van der Waals surface area contributed by atoms with Crippen LogP contribution in [0.15, 0.2) is 42.5 Å². The molecule has 2 amide bonds. The lowest BCUT2D eigenvalue weighted by Gasteiger charge is -2.10. The molecule has 0 bridgehead atoms. The summed E-state index contributed by atoms with van der Waals surface area (Å²) in [6, 6.07) is 9.87. The molecular formula is C18H15FN2O3. The zero-order valence-corrected chi connectivity index (χ0v) is 12.8. The fraction of sp³-hybridized carbons (Fsp3) is 0.167. The van der Waals surface area contributed by atoms with Crippen LogP contribution in [0.1, 0.15) is 28.8 Å². The molecule has 0 saturated carbocycles. The number of anilines is 2. The van der Waals surface area contributed by atoms with Crippen molar-refractivity contribution >= 4 is 29.0 Å². The number of aryl methyl sites for hydroxylation is 1. The lowest BCUT2D eigenvalue weighted by molar-refractivity contribution is -0.116. The van der Waals surface area contributed by atoms with Gasteiger partial charge in [0.1, 0.15) is 5.82 Å². The first-order valence-electron chi connectivity index (χ1n) is 7.57. The normalized spacial score (nSPS) is 13.5. The van der Waals surface area contributed by atoms with E-state index in [1.54, 1.807) is 18.2 Å². The molecule has 2 N–H and O–H groups in total. The zero-order chi connectivity index (χ0) is 17.1. The third kappa shape index (κ3) is 3.48. The van der Waals surface area contributed by atoms with Crippen LogP contribution in [-0.4, -0.2) is 17.6 Å². The Kier molecular flexibility index (Phi) is 4.37. The molecule has 3 rings (SSSR count). The van der Waals surface area contributed by atoms with Crippen LogP contribution in [-0.2, 0) is 16.0 Å². The number of halogens is 1. The molecule has 0 saturated heterocycles. The van der Waals surface area contributed by atoms with Gasteiger partial charge < -0.3 is 10.6 Å². The highest BCUT2D eigenvalue weighted by atomic mass is 19.1. The summed E-state index contributed by atoms with van der Waals surface area (Å²) in [5.74, 6) is -2.03. The van der Waals surface area contributed by atoms with Gasteiger partial charge in [0.25, 0.3) is 11.7 Å². The first-order valence-corrected chi connectivity index (χ1v) is 7.57. The van der Waals surface area contributed by atoms with Gasteiger partial charge in [-0.15, -0.1) is 0 Å². The van der Waals surface area contributed by atoms with E-state index in [4.69, 9.17) is 0 Å². The van der Waals surface area contributed by atoms with E-state index in [2.05, 4.69) is 10.6 Å². The molecule has 0 fully saturated rings. The van der Waals surface area contributed by atoms with Gasteiger partial charge >= 0.3 is 0 Å². The molecule has 122 valence electrons. The molecule has 1 aliphatic heterocycles. The highest BCUT2D eigenvalue weighted by Crippen LogP contribution is 2.25. The van der Waals surface area contributed by atoms with Crippen molar-refractivity contribution in [3.05, 3.63) is 59.4 Å². The van der Waals surface area contributed by atoms with Crippen molar-refractivity contribution in [2.24, 2.45) is 0 Å². The van der Waals surface area contributed by atoms with Crippen LogP contribution in [0.25, 0.3) is 0 Å². The Morgan fingerprint density at radius 2 is 1.79 bits per heavy atom. The summed E-state index contributed by atoms with van der Waals surface area (Å²) in [7, 11) is 0. The van der Waals surface area contributed by atoms with E-state index in [-0.39, 0.29) is 11.5 Å². The smallest absolute Gasteiger partial charge is 0.296 e. The number of Topliss-reactive ketones (excluding diaryl/α,β-unsaturated/α-hetero) is 1. The van der Waals surface area contributed by atoms with Crippen molar-refractivity contribution in [2.75, 3.05) is 10.6 Å². The van der Waals surface area contributed by atoms with Crippen molar-refractivity contribution in [3.63, 3.8) is 0 Å². The first kappa shape index (κ1) is 15.9. The van der Waals surface area contributed by atoms with Crippen LogP contribution in [0.4, 0.5) is 15.8 Å². The molecule has 0 spiro atoms. The number of hydrogen-bond donors (Lipinski definition) is 2. The van der Waals surface area contributed by atoms with Crippen molar-refractivity contribution in [1.29, 1.82) is 0 Å². The van der Waals surface area contributed by atoms with E-state index >= 15 is 0 Å². The molecule has 0 radical (unpaired) electrons. The molecule has 24 heavy (non-hydrogen) atoms. The van der Waals surface area contributed by atoms with Gasteiger partial charge in [-0.1, -0.05) is 0 Å². The van der Waals surface area contributed by atoms with Crippen LogP contribution >= 0.6 is 0 Å². The van der Waals surface area contributed by atoms with Crippen LogP contribution in [0.3, 0.4) is 0 Å². The Labute approximate surface area is 137 Å². The van der Waals surface area contributed by atoms with Gasteiger partial charge in [0, 0.05) is 23.4 Å². The van der Waals surface area contributed by atoms with E-state index in [9.17, 15) is 18.8 Å². The van der Waals surface area contributed by atoms with E-state index in [1.807, 2.05) is 0 Å². The van der Waals surface area contributed by atoms with Gasteiger partial charge in [-0.25, -0.2) is 4.39 Å². The lowest BCUT2D eigenvalue weighted by atomic mass is 10.1. The van der Waals surface area contributed by atoms with Crippen molar-refractivity contribution in [1.82, 2.24) is 0 Å². The minimum absolute atomic E-state index is 0.0305. The van der Waals surface area contributed by atoms with Crippen LogP contribution in [0.2, 0.25) is 0 Å². The number of ketones is 1. The number of carbonyl (C=O) groups is 3. The standard InChI is InChI=1S/C18H15FN2O3/c19-13-6-4-11(5-7-13)17(23)18(24)20-14-8-9-15-12(10-14)2-1-3-16(22)21-15/h4-10H,1-3H2,(H,20,24)(H,21,22). The second kappa shape index (κ2) is 6.62. The molecule has 6 heteroatoms. The molecule has 0 aromatic heterocycles. The number of rotatable bonds is 3. The fourth-order valence-electron chi connectivity index (χ4n) is 2.57. The van der Waals surface area contributed by atoms with Gasteiger partial charge in [-0.05, 0) is 60.9 Å². The molecule has 1 aliphatic rings. The third-order valence-corrected chi connectivity index (χ3v) is 3.80. The Balaban J connectivity index is 1.75. The largest absolute Gasteiger partial charge is 0.326 e. The van der Waals surface area contributed by atoms with Crippen molar-refractivity contribution in [3.8, 4) is 0 Å². The molecule has 1 heterocycles. The molecule has 0 aliphatic carbocycles. The van der Waals surface area contributed by atoms with Crippen molar-refractivity contribution < 1.29 is 18.8 Å². The average molecular weight is 326 g/mol. The monoisotopic (exact) mass is 326 g/mol. The number of nitrogens with one attached hydrogen (secondary N) is 2. The van der Waals surface area contributed by atoms with Gasteiger partial charge in [-0.3, -0.25) is 14.4 Å². The molecule has 0 atom stereocenters. The molecule has 5 nitrogen and oxygen atoms in total. The van der Waals surface area contributed by atoms with Crippen LogP contribution in [0, 0.1) is 5.82 Å². The third-order valence-electron chi connectivity index (χ3n) is 3.80. The second-order valence-electron chi connectivity index (χ2n) is 5.56. The summed E-state index contributed by atoms with van der Waals surface area (Å²) >= 11 is 0. The number of amides is 2. The quantitative estimate of drug-likeness (QED) is 0.673. The highest BCUT2D eigenvalue weighted by Gasteiger charge is 2.18. The van der Waals surface area contributed by atoms with E-state index in [0.29, 0.717) is 18.5 Å². The Morgan fingerprint density at radius 3 is 2.54 bits per heavy atom. The number of carbonyl (C=O) groups excluding carboxylic acids is 3. The zero-order valence-electron chi connectivity index (χ0n) is 12.8. The summed E-state index contributed by atoms with van der Waals surface area (Å²) < 4.78 is 12.9. The van der Waals surface area contributed by atoms with E-state index in [1.165, 1.54) is 12.1 Å². The number of hydrogen-bond acceptors (Lipinski definition) is 3. The van der Waals surface area contributed by atoms with E-state index < -0.39 is 17.5 Å². The molecular weight excluding hydrogens is 311 g/mol. The summed E-state index contributed by atoms with van der Waals surface area (Å²) in [6.45, 7) is 0. The Bertz CT molecular complexity index is 816. The maximum atomic E-state index is 12.9. The number of fused-ring (bicyclic) bond motifs is 1. The van der Waals surface area contributed by atoms with Crippen LogP contribution < -0.4 is 10.6 Å². The van der Waals surface area contributed by atoms with Crippen molar-refractivity contribution in [2.45, 2.75) is 19.3 Å². The maximum Gasteiger partial charge on any atom is 0.296 e. The van der Waals surface area contributed by atoms with Gasteiger partial charge in [0.2, 0.25) is 5.91 Å². The van der Waals surface area contributed by atoms with Crippen LogP contribution in [0.5, 0.6) is 0 Å². The summed E-state index contributed by atoms with van der Waals surface area (Å²) in [6.07, 6.45) is 1.90. The van der Waals surface area contributed by atoms with Gasteiger partial charge in [-0.2, -0.15) is 0 Å². The lowest BCUT2D eigenvalue weighted by Crippen LogP contribution is -2.23. The fourth-order valence-corrected chi connectivity index (χ4v) is 2.57. The summed E-state index contributed by atoms with van der Waals surface area (Å²) in [4.78, 5) is 35.6. The minimum atomic E-state index is -0.792. The Hall–Kier alpha value is -3.02. The van der Waals surface area contributed by atoms with E-state index in [0.717, 1.165) is 29.8 Å². The van der Waals surface area contributed by atoms with Gasteiger partial charge in [0.15, 0.2) is 0 Å². The molecule has 2 aromatic rings. The molecule has 2 aromatic carbocycles. The second-order valence-corrected chi connectivity index (χ2v) is 5.56. The highest BCUT2D eigenvalue weighted by molar-refractivity contribution is 6.46.